The molecule has 0 radical (unpaired) electrons. The lowest BCUT2D eigenvalue weighted by Crippen LogP contribution is -2.41. The summed E-state index contributed by atoms with van der Waals surface area (Å²) in [5, 5.41) is 0. The molecule has 0 spiro atoms. The Morgan fingerprint density at radius 2 is 1.86 bits per heavy atom. The van der Waals surface area contributed by atoms with Crippen molar-refractivity contribution < 1.29 is 4.79 Å². The molecule has 14 heavy (non-hydrogen) atoms. The van der Waals surface area contributed by atoms with Gasteiger partial charge in [0.15, 0.2) is 0 Å². The van der Waals surface area contributed by atoms with Gasteiger partial charge in [-0.3, -0.25) is 4.79 Å². The van der Waals surface area contributed by atoms with E-state index in [1.165, 1.54) is 12.8 Å². The monoisotopic (exact) mass is 259 g/mol. The molecule has 2 aliphatic rings. The van der Waals surface area contributed by atoms with E-state index in [2.05, 4.69) is 27.8 Å². The molecule has 80 valence electrons. The van der Waals surface area contributed by atoms with E-state index < -0.39 is 0 Å². The summed E-state index contributed by atoms with van der Waals surface area (Å²) < 4.78 is 0. The first kappa shape index (κ1) is 10.5. The van der Waals surface area contributed by atoms with Gasteiger partial charge in [0.2, 0.25) is 5.91 Å². The van der Waals surface area contributed by atoms with E-state index in [4.69, 9.17) is 0 Å². The highest BCUT2D eigenvalue weighted by Crippen LogP contribution is 2.37. The van der Waals surface area contributed by atoms with Gasteiger partial charge in [0.05, 0.1) is 0 Å². The second-order valence-corrected chi connectivity index (χ2v) is 5.92. The largest absolute Gasteiger partial charge is 0.342 e. The Morgan fingerprint density at radius 1 is 1.29 bits per heavy atom. The molecule has 0 bridgehead atoms. The Balaban J connectivity index is 1.84. The van der Waals surface area contributed by atoms with E-state index in [0.29, 0.717) is 16.7 Å². The molecule has 0 aromatic carbocycles. The summed E-state index contributed by atoms with van der Waals surface area (Å²) in [6.45, 7) is 4.00. The van der Waals surface area contributed by atoms with E-state index in [1.807, 2.05) is 0 Å². The van der Waals surface area contributed by atoms with Gasteiger partial charge in [0, 0.05) is 23.8 Å². The maximum Gasteiger partial charge on any atom is 0.225 e. The molecule has 1 amide bonds. The Hall–Kier alpha value is -0.0500. The maximum atomic E-state index is 12.0. The molecule has 2 rings (SSSR count). The van der Waals surface area contributed by atoms with Crippen LogP contribution in [0.4, 0.5) is 0 Å². The van der Waals surface area contributed by atoms with E-state index >= 15 is 0 Å². The van der Waals surface area contributed by atoms with Crippen molar-refractivity contribution in [2.45, 2.75) is 37.4 Å². The molecule has 2 nitrogen and oxygen atoms in total. The lowest BCUT2D eigenvalue weighted by molar-refractivity contribution is -0.136. The van der Waals surface area contributed by atoms with Gasteiger partial charge >= 0.3 is 0 Å². The first-order chi connectivity index (χ1) is 6.68. The highest BCUT2D eigenvalue weighted by molar-refractivity contribution is 9.09. The highest BCUT2D eigenvalue weighted by atomic mass is 79.9. The maximum absolute atomic E-state index is 12.0. The lowest BCUT2D eigenvalue weighted by Gasteiger charge is -2.31. The number of alkyl halides is 1. The zero-order valence-electron chi connectivity index (χ0n) is 8.71. The molecule has 1 aliphatic heterocycles. The average molecular weight is 260 g/mol. The number of hydrogen-bond donors (Lipinski definition) is 0. The minimum absolute atomic E-state index is 0.280. The number of hydrogen-bond acceptors (Lipinski definition) is 1. The molecule has 2 fully saturated rings. The first-order valence-electron chi connectivity index (χ1n) is 5.61. The van der Waals surface area contributed by atoms with Crippen molar-refractivity contribution in [1.29, 1.82) is 0 Å². The van der Waals surface area contributed by atoms with E-state index in [1.54, 1.807) is 0 Å². The van der Waals surface area contributed by atoms with Gasteiger partial charge < -0.3 is 4.90 Å². The van der Waals surface area contributed by atoms with Gasteiger partial charge in [-0.15, -0.1) is 0 Å². The fourth-order valence-corrected chi connectivity index (χ4v) is 2.56. The minimum Gasteiger partial charge on any atom is -0.342 e. The van der Waals surface area contributed by atoms with Crippen LogP contribution in [-0.2, 0) is 4.79 Å². The Bertz CT molecular complexity index is 219. The van der Waals surface area contributed by atoms with Gasteiger partial charge in [-0.1, -0.05) is 22.9 Å². The molecule has 1 saturated heterocycles. The summed E-state index contributed by atoms with van der Waals surface area (Å²) in [5.41, 5.74) is 0. The summed E-state index contributed by atoms with van der Waals surface area (Å²) >= 11 is 3.61. The highest BCUT2D eigenvalue weighted by Gasteiger charge is 2.35. The molecular formula is C11H18BrNO. The summed E-state index contributed by atoms with van der Waals surface area (Å²) in [6, 6.07) is 0. The van der Waals surface area contributed by atoms with Gasteiger partial charge in [0.25, 0.3) is 0 Å². The van der Waals surface area contributed by atoms with Crippen molar-refractivity contribution in [3.8, 4) is 0 Å². The Kier molecular flexibility index (Phi) is 3.15. The summed E-state index contributed by atoms with van der Waals surface area (Å²) in [7, 11) is 0. The van der Waals surface area contributed by atoms with Crippen molar-refractivity contribution in [2.75, 3.05) is 13.1 Å². The van der Waals surface area contributed by atoms with Crippen LogP contribution in [0, 0.1) is 11.8 Å². The second-order valence-electron chi connectivity index (χ2n) is 4.63. The third-order valence-corrected chi connectivity index (χ3v) is 4.37. The number of likely N-dealkylation sites (tertiary alicyclic amines) is 1. The van der Waals surface area contributed by atoms with Crippen molar-refractivity contribution in [3.05, 3.63) is 0 Å². The number of halogens is 1. The number of piperidine rings is 1. The van der Waals surface area contributed by atoms with Crippen LogP contribution in [0.15, 0.2) is 0 Å². The molecular weight excluding hydrogens is 242 g/mol. The van der Waals surface area contributed by atoms with Crippen molar-refractivity contribution in [3.63, 3.8) is 0 Å². The SMILES string of the molecule is CC(C(=O)N1CCC(Br)CC1)C1CC1. The molecule has 1 heterocycles. The van der Waals surface area contributed by atoms with Crippen LogP contribution in [0.5, 0.6) is 0 Å². The smallest absolute Gasteiger partial charge is 0.225 e. The van der Waals surface area contributed by atoms with Gasteiger partial charge in [-0.25, -0.2) is 0 Å². The summed E-state index contributed by atoms with van der Waals surface area (Å²) in [5.74, 6) is 1.37. The van der Waals surface area contributed by atoms with E-state index in [9.17, 15) is 4.79 Å². The number of carbonyl (C=O) groups is 1. The molecule has 1 unspecified atom stereocenters. The predicted molar refractivity (Wildman–Crippen MR) is 60.4 cm³/mol. The number of amides is 1. The van der Waals surface area contributed by atoms with Crippen LogP contribution < -0.4 is 0 Å². The average Bonchev–Trinajstić information content (AvgIpc) is 3.00. The van der Waals surface area contributed by atoms with Crippen LogP contribution in [0.1, 0.15) is 32.6 Å². The topological polar surface area (TPSA) is 20.3 Å². The first-order valence-corrected chi connectivity index (χ1v) is 6.53. The fourth-order valence-electron chi connectivity index (χ4n) is 2.15. The quantitative estimate of drug-likeness (QED) is 0.698. The predicted octanol–water partition coefficient (Wildman–Crippen LogP) is 2.42. The van der Waals surface area contributed by atoms with Crippen LogP contribution in [0.3, 0.4) is 0 Å². The zero-order chi connectivity index (χ0) is 10.1. The Morgan fingerprint density at radius 3 is 2.36 bits per heavy atom. The number of rotatable bonds is 2. The molecule has 1 saturated carbocycles. The number of carbonyl (C=O) groups excluding carboxylic acids is 1. The van der Waals surface area contributed by atoms with Crippen LogP contribution >= 0.6 is 15.9 Å². The second kappa shape index (κ2) is 4.21. The normalized spacial score (nSPS) is 26.3. The zero-order valence-corrected chi connectivity index (χ0v) is 10.3. The van der Waals surface area contributed by atoms with E-state index in [0.717, 1.165) is 25.9 Å². The third kappa shape index (κ3) is 2.30. The molecule has 0 N–H and O–H groups in total. The van der Waals surface area contributed by atoms with Gasteiger partial charge in [-0.2, -0.15) is 0 Å². The van der Waals surface area contributed by atoms with Gasteiger partial charge in [-0.05, 0) is 31.6 Å². The molecule has 3 heteroatoms. The molecule has 0 aromatic heterocycles. The van der Waals surface area contributed by atoms with E-state index in [-0.39, 0.29) is 5.92 Å². The summed E-state index contributed by atoms with van der Waals surface area (Å²) in [4.78, 5) is 14.7. The minimum atomic E-state index is 0.280. The van der Waals surface area contributed by atoms with Crippen molar-refractivity contribution >= 4 is 21.8 Å². The van der Waals surface area contributed by atoms with Crippen LogP contribution in [0.2, 0.25) is 0 Å². The standard InChI is InChI=1S/C11H18BrNO/c1-8(9-2-3-9)11(14)13-6-4-10(12)5-7-13/h8-10H,2-7H2,1H3. The molecule has 0 aromatic rings. The van der Waals surface area contributed by atoms with Crippen molar-refractivity contribution in [1.82, 2.24) is 4.90 Å². The van der Waals surface area contributed by atoms with Crippen LogP contribution in [0.25, 0.3) is 0 Å². The Labute approximate surface area is 94.2 Å². The summed E-state index contributed by atoms with van der Waals surface area (Å²) in [6.07, 6.45) is 4.76. The molecule has 1 atom stereocenters. The van der Waals surface area contributed by atoms with Gasteiger partial charge in [0.1, 0.15) is 0 Å². The lowest BCUT2D eigenvalue weighted by atomic mass is 10.0. The van der Waals surface area contributed by atoms with Crippen LogP contribution in [-0.4, -0.2) is 28.7 Å². The third-order valence-electron chi connectivity index (χ3n) is 3.45. The molecule has 1 aliphatic carbocycles. The number of nitrogens with zero attached hydrogens (tertiary/aromatic N) is 1. The van der Waals surface area contributed by atoms with Crippen molar-refractivity contribution in [2.24, 2.45) is 11.8 Å². The fraction of sp³-hybridized carbons (Fsp3) is 0.909.